The minimum atomic E-state index is -4.86. The summed E-state index contributed by atoms with van der Waals surface area (Å²) >= 11 is 0. The fourth-order valence-electron chi connectivity index (χ4n) is 2.80. The Bertz CT molecular complexity index is 1100. The van der Waals surface area contributed by atoms with Gasteiger partial charge in [0.05, 0.1) is 0 Å². The zero-order valence-electron chi connectivity index (χ0n) is 19.2. The second-order valence-electron chi connectivity index (χ2n) is 6.83. The highest BCUT2D eigenvalue weighted by Crippen LogP contribution is 2.33. The van der Waals surface area contributed by atoms with E-state index in [0.29, 0.717) is 11.1 Å². The van der Waals surface area contributed by atoms with Crippen LogP contribution in [0.1, 0.15) is 13.8 Å². The standard InChI is InChI=1S/C26H22F6N2O2/c1-3-9-19(15-17-33-21-11-5-7-13-23(21)35-25(27,28)29)20(10-4-2)16-18-34-22-12-6-8-14-24(22)36-26(30,31)32/h3-18H,1-2H3/b9-3-,10-4-,19-15-,20-16+,33-17+,34-18+. The fourth-order valence-corrected chi connectivity index (χ4v) is 2.80. The third-order valence-corrected chi connectivity index (χ3v) is 4.14. The molecule has 0 unspecified atom stereocenters. The average molecular weight is 508 g/mol. The van der Waals surface area contributed by atoms with Gasteiger partial charge in [0.2, 0.25) is 0 Å². The Morgan fingerprint density at radius 2 is 1.00 bits per heavy atom. The quantitative estimate of drug-likeness (QED) is 0.193. The Kier molecular flexibility index (Phi) is 10.3. The predicted molar refractivity (Wildman–Crippen MR) is 128 cm³/mol. The molecule has 0 amide bonds. The van der Waals surface area contributed by atoms with Crippen molar-refractivity contribution >= 4 is 23.8 Å². The van der Waals surface area contributed by atoms with Gasteiger partial charge >= 0.3 is 12.7 Å². The van der Waals surface area contributed by atoms with Crippen molar-refractivity contribution in [2.45, 2.75) is 26.6 Å². The summed E-state index contributed by atoms with van der Waals surface area (Å²) in [7, 11) is 0. The summed E-state index contributed by atoms with van der Waals surface area (Å²) in [6, 6.07) is 10.9. The normalized spacial score (nSPS) is 14.0. The van der Waals surface area contributed by atoms with E-state index in [2.05, 4.69) is 19.5 Å². The fraction of sp³-hybridized carbons (Fsp3) is 0.154. The van der Waals surface area contributed by atoms with E-state index in [1.165, 1.54) is 48.8 Å². The van der Waals surface area contributed by atoms with Gasteiger partial charge in [0.1, 0.15) is 11.4 Å². The number of nitrogens with zero attached hydrogens (tertiary/aromatic N) is 2. The molecule has 2 rings (SSSR count). The summed E-state index contributed by atoms with van der Waals surface area (Å²) in [5.74, 6) is -0.892. The maximum absolute atomic E-state index is 12.6. The molecule has 36 heavy (non-hydrogen) atoms. The minimum absolute atomic E-state index is 0.0229. The molecule has 2 aromatic rings. The van der Waals surface area contributed by atoms with Crippen LogP contribution >= 0.6 is 0 Å². The van der Waals surface area contributed by atoms with E-state index < -0.39 is 24.2 Å². The van der Waals surface area contributed by atoms with Crippen LogP contribution in [0.4, 0.5) is 37.7 Å². The molecule has 0 aliphatic carbocycles. The highest BCUT2D eigenvalue weighted by atomic mass is 19.4. The third kappa shape index (κ3) is 10.0. The molecule has 0 fully saturated rings. The number of allylic oxidation sites excluding steroid dienone is 8. The Morgan fingerprint density at radius 1 is 0.639 bits per heavy atom. The number of halogens is 6. The van der Waals surface area contributed by atoms with Crippen molar-refractivity contribution in [3.8, 4) is 11.5 Å². The largest absolute Gasteiger partial charge is 0.573 e. The van der Waals surface area contributed by atoms with Gasteiger partial charge in [-0.25, -0.2) is 0 Å². The monoisotopic (exact) mass is 508 g/mol. The van der Waals surface area contributed by atoms with Gasteiger partial charge in [-0.15, -0.1) is 26.3 Å². The van der Waals surface area contributed by atoms with Gasteiger partial charge in [0.25, 0.3) is 0 Å². The number of rotatable bonds is 9. The van der Waals surface area contributed by atoms with Crippen LogP contribution in [0.3, 0.4) is 0 Å². The lowest BCUT2D eigenvalue weighted by Gasteiger charge is -2.10. The van der Waals surface area contributed by atoms with E-state index in [9.17, 15) is 26.3 Å². The summed E-state index contributed by atoms with van der Waals surface area (Å²) < 4.78 is 83.7. The smallest absolute Gasteiger partial charge is 0.403 e. The Morgan fingerprint density at radius 3 is 1.33 bits per heavy atom. The van der Waals surface area contributed by atoms with Gasteiger partial charge in [0, 0.05) is 12.4 Å². The number of para-hydroxylation sites is 4. The Hall–Kier alpha value is -4.08. The molecule has 0 spiro atoms. The van der Waals surface area contributed by atoms with E-state index in [1.807, 2.05) is 0 Å². The second kappa shape index (κ2) is 13.1. The van der Waals surface area contributed by atoms with E-state index >= 15 is 0 Å². The zero-order chi connectivity index (χ0) is 26.6. The highest BCUT2D eigenvalue weighted by Gasteiger charge is 2.32. The molecular formula is C26H22F6N2O2. The van der Waals surface area contributed by atoms with Gasteiger partial charge in [-0.05, 0) is 61.4 Å². The number of hydrogen-bond acceptors (Lipinski definition) is 4. The Balaban J connectivity index is 2.35. The number of alkyl halides is 6. The molecule has 0 saturated carbocycles. The van der Waals surface area contributed by atoms with Crippen LogP contribution in [-0.2, 0) is 0 Å². The molecule has 10 heteroatoms. The van der Waals surface area contributed by atoms with Crippen LogP contribution in [0, 0.1) is 0 Å². The summed E-state index contributed by atoms with van der Waals surface area (Å²) in [5.41, 5.74) is 1.18. The summed E-state index contributed by atoms with van der Waals surface area (Å²) in [5, 5.41) is 0. The number of aliphatic imine (C=N–C) groups is 2. The van der Waals surface area contributed by atoms with Gasteiger partial charge in [0.15, 0.2) is 11.5 Å². The van der Waals surface area contributed by atoms with Crippen molar-refractivity contribution in [1.82, 2.24) is 0 Å². The molecule has 0 saturated heterocycles. The molecule has 0 aliphatic rings. The van der Waals surface area contributed by atoms with E-state index in [1.54, 1.807) is 50.3 Å². The van der Waals surface area contributed by atoms with Crippen LogP contribution in [0.15, 0.2) is 106 Å². The molecule has 0 bridgehead atoms. The van der Waals surface area contributed by atoms with Crippen molar-refractivity contribution in [2.24, 2.45) is 9.98 Å². The first kappa shape index (κ1) is 28.2. The van der Waals surface area contributed by atoms with Gasteiger partial charge in [-0.1, -0.05) is 48.6 Å². The van der Waals surface area contributed by atoms with Crippen molar-refractivity contribution in [3.63, 3.8) is 0 Å². The topological polar surface area (TPSA) is 43.2 Å². The summed E-state index contributed by atoms with van der Waals surface area (Å²) in [4.78, 5) is 8.12. The number of benzene rings is 2. The van der Waals surface area contributed by atoms with Gasteiger partial charge in [-0.2, -0.15) is 0 Å². The van der Waals surface area contributed by atoms with E-state index in [4.69, 9.17) is 0 Å². The van der Waals surface area contributed by atoms with Gasteiger partial charge < -0.3 is 9.47 Å². The van der Waals surface area contributed by atoms with Crippen LogP contribution in [0.2, 0.25) is 0 Å². The minimum Gasteiger partial charge on any atom is -0.403 e. The first-order chi connectivity index (χ1) is 17.0. The van der Waals surface area contributed by atoms with E-state index in [0.717, 1.165) is 12.1 Å². The van der Waals surface area contributed by atoms with Crippen molar-refractivity contribution in [3.05, 3.63) is 96.1 Å². The third-order valence-electron chi connectivity index (χ3n) is 4.14. The molecule has 0 N–H and O–H groups in total. The first-order valence-electron chi connectivity index (χ1n) is 10.5. The molecule has 190 valence electrons. The van der Waals surface area contributed by atoms with Gasteiger partial charge in [-0.3, -0.25) is 9.98 Å². The lowest BCUT2D eigenvalue weighted by Crippen LogP contribution is -2.17. The van der Waals surface area contributed by atoms with Crippen molar-refractivity contribution in [1.29, 1.82) is 0 Å². The highest BCUT2D eigenvalue weighted by molar-refractivity contribution is 5.83. The number of ether oxygens (including phenoxy) is 2. The maximum atomic E-state index is 12.6. The second-order valence-corrected chi connectivity index (χ2v) is 6.83. The lowest BCUT2D eigenvalue weighted by molar-refractivity contribution is -0.275. The Labute approximate surface area is 204 Å². The first-order valence-corrected chi connectivity index (χ1v) is 10.5. The SMILES string of the molecule is C\C=C/C(=C/C=N/c1ccccc1OC(F)(F)F)C(/C=C\C)=C/C=N/c1ccccc1OC(F)(F)F. The molecule has 2 aromatic carbocycles. The molecule has 0 radical (unpaired) electrons. The molecule has 0 heterocycles. The van der Waals surface area contributed by atoms with Crippen LogP contribution in [0.5, 0.6) is 11.5 Å². The van der Waals surface area contributed by atoms with Crippen LogP contribution in [0.25, 0.3) is 0 Å². The molecule has 0 aliphatic heterocycles. The molecule has 0 atom stereocenters. The van der Waals surface area contributed by atoms with Crippen LogP contribution < -0.4 is 9.47 Å². The predicted octanol–water partition coefficient (Wildman–Crippen LogP) is 8.59. The van der Waals surface area contributed by atoms with Crippen molar-refractivity contribution < 1.29 is 35.8 Å². The van der Waals surface area contributed by atoms with Crippen molar-refractivity contribution in [2.75, 3.05) is 0 Å². The lowest BCUT2D eigenvalue weighted by atomic mass is 10.0. The number of hydrogen-bond donors (Lipinski definition) is 0. The average Bonchev–Trinajstić information content (AvgIpc) is 2.78. The zero-order valence-corrected chi connectivity index (χ0v) is 19.2. The van der Waals surface area contributed by atoms with Crippen LogP contribution in [-0.4, -0.2) is 25.2 Å². The van der Waals surface area contributed by atoms with E-state index in [-0.39, 0.29) is 11.4 Å². The molecule has 4 nitrogen and oxygen atoms in total. The summed E-state index contributed by atoms with van der Waals surface area (Å²) in [6.07, 6.45) is 2.96. The molecule has 0 aromatic heterocycles. The maximum Gasteiger partial charge on any atom is 0.573 e. The summed E-state index contributed by atoms with van der Waals surface area (Å²) in [6.45, 7) is 3.53. The molecular weight excluding hydrogens is 486 g/mol.